The summed E-state index contributed by atoms with van der Waals surface area (Å²) in [5.41, 5.74) is 6.76. The van der Waals surface area contributed by atoms with Crippen molar-refractivity contribution >= 4 is 11.0 Å². The third kappa shape index (κ3) is 3.37. The van der Waals surface area contributed by atoms with Gasteiger partial charge in [0, 0.05) is 24.5 Å². The first kappa shape index (κ1) is 17.8. The Morgan fingerprint density at radius 2 is 2.26 bits per heavy atom. The number of aryl methyl sites for hydroxylation is 1. The average Bonchev–Trinajstić information content (AvgIpc) is 3.36. The summed E-state index contributed by atoms with van der Waals surface area (Å²) in [7, 11) is 0. The molecule has 0 spiro atoms. The molecule has 4 rings (SSSR count). The minimum atomic E-state index is -0.826. The number of nitrogens with one attached hydrogen (secondary N) is 1. The van der Waals surface area contributed by atoms with Crippen molar-refractivity contribution in [1.29, 1.82) is 0 Å². The van der Waals surface area contributed by atoms with Crippen LogP contribution in [0.2, 0.25) is 0 Å². The number of hydrogen-bond donors (Lipinski definition) is 4. The first-order chi connectivity index (χ1) is 13.1. The van der Waals surface area contributed by atoms with Crippen LogP contribution in [0, 0.1) is 0 Å². The van der Waals surface area contributed by atoms with Gasteiger partial charge in [0.15, 0.2) is 0 Å². The molecule has 1 aliphatic rings. The number of aliphatic hydroxyl groups is 2. The molecule has 0 unspecified atom stereocenters. The Bertz CT molecular complexity index is 994. The van der Waals surface area contributed by atoms with Gasteiger partial charge in [-0.25, -0.2) is 4.79 Å². The summed E-state index contributed by atoms with van der Waals surface area (Å²) < 4.78 is 8.59. The zero-order valence-electron chi connectivity index (χ0n) is 14.5. The van der Waals surface area contributed by atoms with Crippen LogP contribution in [0.5, 0.6) is 0 Å². The van der Waals surface area contributed by atoms with Gasteiger partial charge in [0.25, 0.3) is 0 Å². The molecule has 0 aliphatic carbocycles. The monoisotopic (exact) mass is 375 g/mol. The number of H-pyrrole nitrogens is 1. The van der Waals surface area contributed by atoms with Gasteiger partial charge >= 0.3 is 5.69 Å². The highest BCUT2D eigenvalue weighted by molar-refractivity contribution is 5.81. The van der Waals surface area contributed by atoms with Gasteiger partial charge in [0.2, 0.25) is 0 Å². The van der Waals surface area contributed by atoms with Gasteiger partial charge in [-0.2, -0.15) is 4.98 Å². The van der Waals surface area contributed by atoms with Gasteiger partial charge in [-0.05, 0) is 19.0 Å². The van der Waals surface area contributed by atoms with Crippen LogP contribution in [0.15, 0.2) is 23.3 Å². The van der Waals surface area contributed by atoms with Crippen molar-refractivity contribution in [2.45, 2.75) is 37.8 Å². The van der Waals surface area contributed by atoms with Gasteiger partial charge in [0.05, 0.1) is 24.6 Å². The Morgan fingerprint density at radius 1 is 1.41 bits per heavy atom. The lowest BCUT2D eigenvalue weighted by atomic mass is 10.2. The molecule has 3 aromatic heterocycles. The van der Waals surface area contributed by atoms with E-state index in [0.29, 0.717) is 35.5 Å². The molecule has 0 aromatic carbocycles. The minimum absolute atomic E-state index is 0.213. The first-order valence-electron chi connectivity index (χ1n) is 8.76. The van der Waals surface area contributed by atoms with Crippen LogP contribution in [-0.2, 0) is 11.3 Å². The highest BCUT2D eigenvalue weighted by Crippen LogP contribution is 2.28. The number of ether oxygens (including phenoxy) is 1. The minimum Gasteiger partial charge on any atom is -0.394 e. The summed E-state index contributed by atoms with van der Waals surface area (Å²) in [5, 5.41) is 28.0. The standard InChI is InChI=1S/C16H21N7O4/c17-2-1-3-22-7-11(20-21-22)10-4-9-6-23(16(26)19-15(9)18-10)14-5-12(25)13(8-24)27-14/h4,6-7,12-14,24-25H,1-3,5,8,17H2,(H,18,19,26)/t12-,13+,14+/m0/s1. The van der Waals surface area contributed by atoms with Crippen LogP contribution in [0.1, 0.15) is 19.1 Å². The Hall–Kier alpha value is -2.60. The van der Waals surface area contributed by atoms with Gasteiger partial charge in [-0.3, -0.25) is 9.25 Å². The number of fused-ring (bicyclic) bond motifs is 1. The van der Waals surface area contributed by atoms with E-state index in [2.05, 4.69) is 20.3 Å². The second-order valence-electron chi connectivity index (χ2n) is 6.54. The third-order valence-electron chi connectivity index (χ3n) is 4.63. The predicted molar refractivity (Wildman–Crippen MR) is 94.7 cm³/mol. The summed E-state index contributed by atoms with van der Waals surface area (Å²) in [6.07, 6.45) is 2.24. The normalized spacial score (nSPS) is 22.7. The Labute approximate surface area is 153 Å². The van der Waals surface area contributed by atoms with Gasteiger partial charge in [0.1, 0.15) is 23.7 Å². The summed E-state index contributed by atoms with van der Waals surface area (Å²) in [4.78, 5) is 19.5. The van der Waals surface area contributed by atoms with Crippen molar-refractivity contribution in [2.24, 2.45) is 5.73 Å². The molecule has 5 N–H and O–H groups in total. The average molecular weight is 375 g/mol. The maximum Gasteiger partial charge on any atom is 0.351 e. The van der Waals surface area contributed by atoms with E-state index < -0.39 is 24.1 Å². The second kappa shape index (κ2) is 7.19. The van der Waals surface area contributed by atoms with E-state index in [1.807, 2.05) is 6.07 Å². The molecule has 0 bridgehead atoms. The van der Waals surface area contributed by atoms with E-state index in [-0.39, 0.29) is 13.0 Å². The lowest BCUT2D eigenvalue weighted by Crippen LogP contribution is -2.27. The maximum atomic E-state index is 12.4. The molecular formula is C16H21N7O4. The Balaban J connectivity index is 1.63. The SMILES string of the molecule is NCCCn1cc(-c2cc3cn([C@H]4C[C@H](O)[C@@H](CO)O4)c(=O)nc3[nH]2)nn1. The molecule has 3 atom stereocenters. The van der Waals surface area contributed by atoms with Crippen molar-refractivity contribution < 1.29 is 14.9 Å². The number of nitrogens with two attached hydrogens (primary N) is 1. The molecule has 0 radical (unpaired) electrons. The van der Waals surface area contributed by atoms with Crippen LogP contribution >= 0.6 is 0 Å². The largest absolute Gasteiger partial charge is 0.394 e. The fourth-order valence-electron chi connectivity index (χ4n) is 3.19. The van der Waals surface area contributed by atoms with Crippen molar-refractivity contribution in [3.8, 4) is 11.4 Å². The number of aliphatic hydroxyl groups excluding tert-OH is 2. The number of aromatic nitrogens is 6. The fraction of sp³-hybridized carbons (Fsp3) is 0.500. The highest BCUT2D eigenvalue weighted by atomic mass is 16.5. The van der Waals surface area contributed by atoms with E-state index in [0.717, 1.165) is 6.42 Å². The first-order valence-corrected chi connectivity index (χ1v) is 8.76. The van der Waals surface area contributed by atoms with E-state index in [1.165, 1.54) is 4.57 Å². The Kier molecular flexibility index (Phi) is 4.74. The fourth-order valence-corrected chi connectivity index (χ4v) is 3.19. The van der Waals surface area contributed by atoms with Gasteiger partial charge in [-0.1, -0.05) is 5.21 Å². The topological polar surface area (TPSA) is 157 Å². The summed E-state index contributed by atoms with van der Waals surface area (Å²) in [5.74, 6) is 0. The van der Waals surface area contributed by atoms with E-state index in [1.54, 1.807) is 17.1 Å². The van der Waals surface area contributed by atoms with Crippen molar-refractivity contribution in [2.75, 3.05) is 13.2 Å². The van der Waals surface area contributed by atoms with Crippen LogP contribution in [0.3, 0.4) is 0 Å². The van der Waals surface area contributed by atoms with E-state index in [9.17, 15) is 15.0 Å². The predicted octanol–water partition coefficient (Wildman–Crippen LogP) is -1.03. The summed E-state index contributed by atoms with van der Waals surface area (Å²) >= 11 is 0. The Morgan fingerprint density at radius 3 is 3.00 bits per heavy atom. The van der Waals surface area contributed by atoms with Crippen LogP contribution in [-0.4, -0.2) is 65.1 Å². The van der Waals surface area contributed by atoms with Crippen LogP contribution < -0.4 is 11.4 Å². The molecule has 0 saturated carbocycles. The number of aromatic amines is 1. The molecule has 11 heteroatoms. The zero-order valence-corrected chi connectivity index (χ0v) is 14.5. The van der Waals surface area contributed by atoms with E-state index in [4.69, 9.17) is 10.5 Å². The molecule has 1 saturated heterocycles. The molecule has 11 nitrogen and oxygen atoms in total. The summed E-state index contributed by atoms with van der Waals surface area (Å²) in [6.45, 7) is 0.948. The molecule has 27 heavy (non-hydrogen) atoms. The molecule has 3 aromatic rings. The smallest absolute Gasteiger partial charge is 0.351 e. The summed E-state index contributed by atoms with van der Waals surface area (Å²) in [6, 6.07) is 1.82. The molecule has 4 heterocycles. The van der Waals surface area contributed by atoms with Gasteiger partial charge in [-0.15, -0.1) is 5.10 Å². The zero-order chi connectivity index (χ0) is 19.0. The lowest BCUT2D eigenvalue weighted by Gasteiger charge is -2.14. The van der Waals surface area contributed by atoms with Crippen LogP contribution in [0.4, 0.5) is 0 Å². The van der Waals surface area contributed by atoms with Crippen molar-refractivity contribution in [3.05, 3.63) is 28.9 Å². The van der Waals surface area contributed by atoms with Crippen LogP contribution in [0.25, 0.3) is 22.4 Å². The van der Waals surface area contributed by atoms with Gasteiger partial charge < -0.3 is 25.7 Å². The molecule has 1 fully saturated rings. The molecule has 144 valence electrons. The number of nitrogens with zero attached hydrogens (tertiary/aromatic N) is 5. The second-order valence-corrected chi connectivity index (χ2v) is 6.54. The molecule has 1 aliphatic heterocycles. The van der Waals surface area contributed by atoms with Crippen molar-refractivity contribution in [1.82, 2.24) is 29.5 Å². The number of hydrogen-bond acceptors (Lipinski definition) is 8. The van der Waals surface area contributed by atoms with Crippen molar-refractivity contribution in [3.63, 3.8) is 0 Å². The van der Waals surface area contributed by atoms with E-state index >= 15 is 0 Å². The molecule has 0 amide bonds. The molecular weight excluding hydrogens is 354 g/mol. The third-order valence-corrected chi connectivity index (χ3v) is 4.63. The maximum absolute atomic E-state index is 12.4. The lowest BCUT2D eigenvalue weighted by molar-refractivity contribution is -0.0457. The highest BCUT2D eigenvalue weighted by Gasteiger charge is 2.35. The number of rotatable bonds is 6. The quantitative estimate of drug-likeness (QED) is 0.426.